The number of aromatic nitrogens is 4. The fourth-order valence-corrected chi connectivity index (χ4v) is 9.22. The number of ketones is 1. The highest BCUT2D eigenvalue weighted by atomic mass is 16.6. The predicted molar refractivity (Wildman–Crippen MR) is 266 cm³/mol. The largest absolute Gasteiger partial charge is 0.444 e. The van der Waals surface area contributed by atoms with Crippen molar-refractivity contribution in [3.8, 4) is 11.4 Å². The third-order valence-corrected chi connectivity index (χ3v) is 12.5. The van der Waals surface area contributed by atoms with Crippen molar-refractivity contribution in [2.24, 2.45) is 0 Å². The molecule has 0 bridgehead atoms. The molecular weight excluding hydrogens is 885 g/mol. The second kappa shape index (κ2) is 22.4. The van der Waals surface area contributed by atoms with Crippen LogP contribution >= 0.6 is 0 Å². The minimum Gasteiger partial charge on any atom is -0.444 e. The fourth-order valence-electron chi connectivity index (χ4n) is 9.22. The van der Waals surface area contributed by atoms with Gasteiger partial charge in [0.15, 0.2) is 5.78 Å². The van der Waals surface area contributed by atoms with E-state index in [0.29, 0.717) is 26.2 Å². The van der Waals surface area contributed by atoms with Crippen LogP contribution in [0.5, 0.6) is 0 Å². The summed E-state index contributed by atoms with van der Waals surface area (Å²) < 4.78 is 29.1. The van der Waals surface area contributed by atoms with E-state index in [9.17, 15) is 9.59 Å². The number of ether oxygens (including phenoxy) is 4. The molecule has 4 aromatic carbocycles. The molecule has 4 atom stereocenters. The van der Waals surface area contributed by atoms with Crippen molar-refractivity contribution in [2.75, 3.05) is 39.4 Å². The Balaban J connectivity index is 1.22. The summed E-state index contributed by atoms with van der Waals surface area (Å²) >= 11 is 0. The van der Waals surface area contributed by atoms with Gasteiger partial charge < -0.3 is 28.1 Å². The van der Waals surface area contributed by atoms with E-state index in [0.717, 1.165) is 33.6 Å². The van der Waals surface area contributed by atoms with E-state index in [2.05, 4.69) is 44.0 Å². The molecule has 8 rings (SSSR count). The lowest BCUT2D eigenvalue weighted by Crippen LogP contribution is -2.72. The van der Waals surface area contributed by atoms with Gasteiger partial charge in [0.2, 0.25) is 0 Å². The van der Waals surface area contributed by atoms with Crippen LogP contribution in [0.1, 0.15) is 63.8 Å². The zero-order valence-corrected chi connectivity index (χ0v) is 41.2. The zero-order chi connectivity index (χ0) is 49.3. The molecule has 2 aliphatic rings. The number of benzene rings is 4. The van der Waals surface area contributed by atoms with Gasteiger partial charge >= 0.3 is 12.2 Å². The first-order valence-electron chi connectivity index (χ1n) is 24.1. The van der Waals surface area contributed by atoms with Crippen molar-refractivity contribution < 1.29 is 33.3 Å². The van der Waals surface area contributed by atoms with Crippen molar-refractivity contribution in [2.45, 2.75) is 103 Å². The monoisotopic (exact) mass is 951 g/mol. The molecule has 368 valence electrons. The Morgan fingerprint density at radius 3 is 1.24 bits per heavy atom. The third kappa shape index (κ3) is 13.0. The molecule has 0 aliphatic carbocycles. The van der Waals surface area contributed by atoms with Crippen molar-refractivity contribution in [1.29, 1.82) is 0 Å². The van der Waals surface area contributed by atoms with Crippen LogP contribution in [0.25, 0.3) is 11.4 Å². The van der Waals surface area contributed by atoms with E-state index in [1.54, 1.807) is 34.8 Å². The summed E-state index contributed by atoms with van der Waals surface area (Å²) in [5, 5.41) is 0. The molecule has 0 spiro atoms. The van der Waals surface area contributed by atoms with Crippen LogP contribution in [0.2, 0.25) is 0 Å². The molecule has 0 radical (unpaired) electrons. The van der Waals surface area contributed by atoms with E-state index in [1.807, 2.05) is 148 Å². The number of imidazole rings is 2. The maximum absolute atomic E-state index is 16.6. The van der Waals surface area contributed by atoms with E-state index in [-0.39, 0.29) is 45.3 Å². The summed E-state index contributed by atoms with van der Waals surface area (Å²) in [5.74, 6) is -0.173. The molecule has 2 aliphatic heterocycles. The highest BCUT2D eigenvalue weighted by molar-refractivity contribution is 5.92. The molecule has 6 aromatic rings. The standard InChI is InChI=1S/C55H66N8O7/c1-54(2,3)69-52(65)62-31-29-58(33-41-17-21-45(22-18-41)60-27-25-56-39-60)49(47(62)37-67-35-43-13-9-7-10-14-43)51(64)50-48(38-68-36-44-15-11-8-12-16-44)63(53(66)70-55(4,5)6)32-30-59(50)34-42-19-23-46(24-20-42)61-28-26-57-40-61/h7-28,39-40,47-50H,29-38H2,1-6H3/t47-,48-,49?,50?/m1/s1. The molecule has 15 heteroatoms. The minimum atomic E-state index is -0.920. The molecule has 0 saturated carbocycles. The highest BCUT2D eigenvalue weighted by Gasteiger charge is 2.52. The Morgan fingerprint density at radius 2 is 0.900 bits per heavy atom. The quantitative estimate of drug-likeness (QED) is 0.0927. The number of piperazine rings is 2. The second-order valence-electron chi connectivity index (χ2n) is 20.0. The molecule has 4 heterocycles. The van der Waals surface area contributed by atoms with Crippen molar-refractivity contribution in [3.05, 3.63) is 169 Å². The number of rotatable bonds is 16. The smallest absolute Gasteiger partial charge is 0.410 e. The predicted octanol–water partition coefficient (Wildman–Crippen LogP) is 8.34. The summed E-state index contributed by atoms with van der Waals surface area (Å²) in [6, 6.07) is 32.6. The molecule has 70 heavy (non-hydrogen) atoms. The van der Waals surface area contributed by atoms with Crippen molar-refractivity contribution in [1.82, 2.24) is 38.7 Å². The van der Waals surface area contributed by atoms with E-state index in [4.69, 9.17) is 18.9 Å². The third-order valence-electron chi connectivity index (χ3n) is 12.5. The molecule has 2 amide bonds. The van der Waals surface area contributed by atoms with E-state index in [1.165, 1.54) is 0 Å². The number of Topliss-reactive ketones (excluding diaryl/α,β-unsaturated/α-hetero) is 1. The number of carbonyl (C=O) groups excluding carboxylic acids is 3. The molecule has 2 saturated heterocycles. The van der Waals surface area contributed by atoms with Gasteiger partial charge in [-0.2, -0.15) is 0 Å². The molecule has 15 nitrogen and oxygen atoms in total. The zero-order valence-electron chi connectivity index (χ0n) is 41.2. The summed E-state index contributed by atoms with van der Waals surface area (Å²) in [6.45, 7) is 13.7. The summed E-state index contributed by atoms with van der Waals surface area (Å²) in [7, 11) is 0. The lowest BCUT2D eigenvalue weighted by molar-refractivity contribution is -0.144. The average Bonchev–Trinajstić information content (AvgIpc) is 4.08. The number of nitrogens with zero attached hydrogens (tertiary/aromatic N) is 8. The Labute approximate surface area is 411 Å². The van der Waals surface area contributed by atoms with Gasteiger partial charge in [-0.05, 0) is 88.1 Å². The van der Waals surface area contributed by atoms with Gasteiger partial charge in [0.1, 0.15) is 11.2 Å². The Hall–Kier alpha value is -6.65. The average molecular weight is 951 g/mol. The van der Waals surface area contributed by atoms with Gasteiger partial charge in [-0.1, -0.05) is 84.9 Å². The Bertz CT molecular complexity index is 2400. The van der Waals surface area contributed by atoms with Crippen LogP contribution in [0.3, 0.4) is 0 Å². The first-order valence-corrected chi connectivity index (χ1v) is 24.1. The Kier molecular flexibility index (Phi) is 15.9. The van der Waals surface area contributed by atoms with Crippen LogP contribution in [0, 0.1) is 0 Å². The van der Waals surface area contributed by atoms with E-state index < -0.39 is 47.6 Å². The summed E-state index contributed by atoms with van der Waals surface area (Å²) in [6.07, 6.45) is 9.72. The SMILES string of the molecule is CC(C)(C)OC(=O)N1CCN(Cc2ccc(-n3ccnc3)cc2)C(C(=O)C2[C@@H](COCc3ccccc3)N(C(=O)OC(C)(C)C)CCN2Cc2ccc(-n3ccnc3)cc2)[C@H]1COCc1ccccc1. The fraction of sp³-hybridized carbons (Fsp3) is 0.400. The molecule has 2 unspecified atom stereocenters. The van der Waals surface area contributed by atoms with Gasteiger partial charge in [-0.3, -0.25) is 24.4 Å². The van der Waals surface area contributed by atoms with Gasteiger partial charge in [-0.15, -0.1) is 0 Å². The van der Waals surface area contributed by atoms with Crippen molar-refractivity contribution >= 4 is 18.0 Å². The van der Waals surface area contributed by atoms with Crippen LogP contribution in [-0.4, -0.2) is 131 Å². The van der Waals surface area contributed by atoms with Crippen LogP contribution in [0.15, 0.2) is 147 Å². The number of hydrogen-bond donors (Lipinski definition) is 0. The number of carbonyl (C=O) groups is 3. The van der Waals surface area contributed by atoms with Gasteiger partial charge in [0, 0.05) is 75.4 Å². The number of hydrogen-bond acceptors (Lipinski definition) is 11. The Morgan fingerprint density at radius 1 is 0.514 bits per heavy atom. The second-order valence-corrected chi connectivity index (χ2v) is 20.0. The van der Waals surface area contributed by atoms with Crippen molar-refractivity contribution in [3.63, 3.8) is 0 Å². The van der Waals surface area contributed by atoms with Gasteiger partial charge in [-0.25, -0.2) is 19.6 Å². The van der Waals surface area contributed by atoms with Crippen LogP contribution in [0.4, 0.5) is 9.59 Å². The topological polar surface area (TPSA) is 137 Å². The lowest BCUT2D eigenvalue weighted by Gasteiger charge is -2.51. The maximum Gasteiger partial charge on any atom is 0.410 e. The summed E-state index contributed by atoms with van der Waals surface area (Å²) in [5.41, 5.74) is 4.17. The first kappa shape index (κ1) is 49.8. The minimum absolute atomic E-state index is 0.0357. The van der Waals surface area contributed by atoms with E-state index >= 15 is 4.79 Å². The first-order chi connectivity index (χ1) is 33.7. The molecule has 0 N–H and O–H groups in total. The number of amides is 2. The molecular formula is C55H66N8O7. The van der Waals surface area contributed by atoms with Crippen LogP contribution in [-0.2, 0) is 50.0 Å². The maximum atomic E-state index is 16.6. The van der Waals surface area contributed by atoms with Gasteiger partial charge in [0.25, 0.3) is 0 Å². The summed E-state index contributed by atoms with van der Waals surface area (Å²) in [4.78, 5) is 61.6. The lowest BCUT2D eigenvalue weighted by atomic mass is 9.87. The highest BCUT2D eigenvalue weighted by Crippen LogP contribution is 2.31. The normalized spacial score (nSPS) is 19.2. The molecule has 2 aromatic heterocycles. The van der Waals surface area contributed by atoms with Gasteiger partial charge in [0.05, 0.1) is 63.2 Å². The van der Waals surface area contributed by atoms with Crippen LogP contribution < -0.4 is 0 Å². The molecule has 2 fully saturated rings.